The molecule has 1 unspecified atom stereocenters. The number of fused-ring (bicyclic) bond motifs is 3. The van der Waals surface area contributed by atoms with E-state index < -0.39 is 11.9 Å². The average Bonchev–Trinajstić information content (AvgIpc) is 2.67. The zero-order valence-corrected chi connectivity index (χ0v) is 15.7. The minimum Gasteiger partial charge on any atom is -0.508 e. The molecule has 3 N–H and O–H groups in total. The summed E-state index contributed by atoms with van der Waals surface area (Å²) in [6.45, 7) is 3.99. The summed E-state index contributed by atoms with van der Waals surface area (Å²) in [5, 5.41) is 11.8. The standard InChI is InChI=1S/C23H21NO4/c1-3-27-23(26)21-19(15-6-4-13(2)5-7-15)20-17-12-16(25)10-8-14(17)9-11-18(20)28-22(21)24/h4-12,19,25H,3,24H2,1-2H3. The predicted molar refractivity (Wildman–Crippen MR) is 107 cm³/mol. The summed E-state index contributed by atoms with van der Waals surface area (Å²) in [6.07, 6.45) is 0. The Labute approximate surface area is 163 Å². The normalized spacial score (nSPS) is 15.9. The van der Waals surface area contributed by atoms with Crippen LogP contribution >= 0.6 is 0 Å². The van der Waals surface area contributed by atoms with Crippen molar-refractivity contribution >= 4 is 16.7 Å². The number of rotatable bonds is 3. The maximum absolute atomic E-state index is 12.8. The highest BCUT2D eigenvalue weighted by Gasteiger charge is 2.36. The minimum atomic E-state index is -0.506. The largest absolute Gasteiger partial charge is 0.508 e. The molecule has 1 atom stereocenters. The molecule has 0 saturated heterocycles. The van der Waals surface area contributed by atoms with Crippen molar-refractivity contribution in [3.63, 3.8) is 0 Å². The van der Waals surface area contributed by atoms with E-state index in [2.05, 4.69) is 0 Å². The molecule has 1 aliphatic rings. The molecular weight excluding hydrogens is 354 g/mol. The lowest BCUT2D eigenvalue weighted by molar-refractivity contribution is -0.139. The fraction of sp³-hybridized carbons (Fsp3) is 0.174. The van der Waals surface area contributed by atoms with E-state index in [9.17, 15) is 9.90 Å². The maximum atomic E-state index is 12.8. The number of esters is 1. The van der Waals surface area contributed by atoms with Crippen LogP contribution in [0.5, 0.6) is 11.5 Å². The molecule has 0 radical (unpaired) electrons. The molecule has 5 nitrogen and oxygen atoms in total. The van der Waals surface area contributed by atoms with E-state index >= 15 is 0 Å². The fourth-order valence-electron chi connectivity index (χ4n) is 3.68. The molecule has 28 heavy (non-hydrogen) atoms. The van der Waals surface area contributed by atoms with Crippen molar-refractivity contribution in [2.75, 3.05) is 6.61 Å². The lowest BCUT2D eigenvalue weighted by Gasteiger charge is -2.29. The molecule has 1 heterocycles. The summed E-state index contributed by atoms with van der Waals surface area (Å²) < 4.78 is 11.1. The monoisotopic (exact) mass is 375 g/mol. The Morgan fingerprint density at radius 1 is 1.14 bits per heavy atom. The Morgan fingerprint density at radius 2 is 1.86 bits per heavy atom. The summed E-state index contributed by atoms with van der Waals surface area (Å²) >= 11 is 0. The van der Waals surface area contributed by atoms with Crippen LogP contribution in [0.4, 0.5) is 0 Å². The number of aryl methyl sites for hydroxylation is 1. The van der Waals surface area contributed by atoms with Gasteiger partial charge in [-0.1, -0.05) is 42.0 Å². The second-order valence-corrected chi connectivity index (χ2v) is 6.83. The van der Waals surface area contributed by atoms with Gasteiger partial charge in [0.15, 0.2) is 0 Å². The van der Waals surface area contributed by atoms with Gasteiger partial charge in [-0.05, 0) is 48.4 Å². The first kappa shape index (κ1) is 17.9. The smallest absolute Gasteiger partial charge is 0.340 e. The zero-order valence-electron chi connectivity index (χ0n) is 15.7. The topological polar surface area (TPSA) is 81.8 Å². The Hall–Kier alpha value is -3.47. The van der Waals surface area contributed by atoms with Crippen molar-refractivity contribution in [2.45, 2.75) is 19.8 Å². The molecule has 142 valence electrons. The molecule has 4 rings (SSSR count). The van der Waals surface area contributed by atoms with Crippen molar-refractivity contribution in [2.24, 2.45) is 5.73 Å². The van der Waals surface area contributed by atoms with Gasteiger partial charge in [-0.3, -0.25) is 0 Å². The zero-order chi connectivity index (χ0) is 19.8. The molecule has 3 aromatic rings. The molecule has 1 aliphatic heterocycles. The number of nitrogens with two attached hydrogens (primary N) is 1. The average molecular weight is 375 g/mol. The molecule has 0 bridgehead atoms. The van der Waals surface area contributed by atoms with Gasteiger partial charge < -0.3 is 20.3 Å². The van der Waals surface area contributed by atoms with Crippen LogP contribution in [-0.2, 0) is 9.53 Å². The third kappa shape index (κ3) is 2.95. The lowest BCUT2D eigenvalue weighted by atomic mass is 9.80. The Kier molecular flexibility index (Phi) is 4.43. The molecule has 0 saturated carbocycles. The first-order valence-corrected chi connectivity index (χ1v) is 9.16. The molecule has 0 aromatic heterocycles. The number of hydrogen-bond acceptors (Lipinski definition) is 5. The predicted octanol–water partition coefficient (Wildman–Crippen LogP) is 4.11. The van der Waals surface area contributed by atoms with Crippen molar-refractivity contribution in [1.82, 2.24) is 0 Å². The number of carbonyl (C=O) groups is 1. The number of aromatic hydroxyl groups is 1. The minimum absolute atomic E-state index is 0.0380. The maximum Gasteiger partial charge on any atom is 0.340 e. The van der Waals surface area contributed by atoms with Gasteiger partial charge in [-0.2, -0.15) is 0 Å². The molecule has 3 aromatic carbocycles. The van der Waals surface area contributed by atoms with Gasteiger partial charge in [-0.15, -0.1) is 0 Å². The van der Waals surface area contributed by atoms with Crippen molar-refractivity contribution in [3.05, 3.63) is 82.7 Å². The van der Waals surface area contributed by atoms with Crippen LogP contribution in [0.15, 0.2) is 66.1 Å². The summed E-state index contributed by atoms with van der Waals surface area (Å²) in [5.74, 6) is -0.226. The Balaban J connectivity index is 2.03. The third-order valence-electron chi connectivity index (χ3n) is 4.98. The highest BCUT2D eigenvalue weighted by atomic mass is 16.5. The van der Waals surface area contributed by atoms with Crippen LogP contribution in [0.1, 0.15) is 29.5 Å². The SMILES string of the molecule is CCOC(=O)C1=C(N)Oc2ccc3ccc(O)cc3c2C1c1ccc(C)cc1. The Bertz CT molecular complexity index is 1100. The number of carbonyl (C=O) groups excluding carboxylic acids is 1. The lowest BCUT2D eigenvalue weighted by Crippen LogP contribution is -2.27. The third-order valence-corrected chi connectivity index (χ3v) is 4.98. The summed E-state index contributed by atoms with van der Waals surface area (Å²) in [5.41, 5.74) is 9.23. The van der Waals surface area contributed by atoms with Crippen LogP contribution in [-0.4, -0.2) is 17.7 Å². The second-order valence-electron chi connectivity index (χ2n) is 6.83. The highest BCUT2D eigenvalue weighted by Crippen LogP contribution is 2.46. The number of hydrogen-bond donors (Lipinski definition) is 2. The van der Waals surface area contributed by atoms with Crippen LogP contribution < -0.4 is 10.5 Å². The Morgan fingerprint density at radius 3 is 2.57 bits per heavy atom. The van der Waals surface area contributed by atoms with Gasteiger partial charge in [0.25, 0.3) is 0 Å². The summed E-state index contributed by atoms with van der Waals surface area (Å²) in [4.78, 5) is 12.8. The van der Waals surface area contributed by atoms with Gasteiger partial charge in [-0.25, -0.2) is 4.79 Å². The van der Waals surface area contributed by atoms with Gasteiger partial charge >= 0.3 is 5.97 Å². The van der Waals surface area contributed by atoms with Crippen LogP contribution in [0, 0.1) is 6.92 Å². The van der Waals surface area contributed by atoms with E-state index in [1.165, 1.54) is 0 Å². The van der Waals surface area contributed by atoms with Crippen molar-refractivity contribution < 1.29 is 19.4 Å². The van der Waals surface area contributed by atoms with E-state index in [0.29, 0.717) is 5.75 Å². The molecule has 0 aliphatic carbocycles. The van der Waals surface area contributed by atoms with Gasteiger partial charge in [0.05, 0.1) is 12.5 Å². The van der Waals surface area contributed by atoms with E-state index in [-0.39, 0.29) is 23.8 Å². The van der Waals surface area contributed by atoms with Crippen molar-refractivity contribution in [3.8, 4) is 11.5 Å². The molecule has 5 heteroatoms. The highest BCUT2D eigenvalue weighted by molar-refractivity contribution is 5.97. The number of phenols is 1. The fourth-order valence-corrected chi connectivity index (χ4v) is 3.68. The van der Waals surface area contributed by atoms with Crippen LogP contribution in [0.3, 0.4) is 0 Å². The first-order chi connectivity index (χ1) is 13.5. The first-order valence-electron chi connectivity index (χ1n) is 9.16. The molecule has 0 spiro atoms. The number of ether oxygens (including phenoxy) is 2. The molecular formula is C23H21NO4. The second kappa shape index (κ2) is 6.93. The van der Waals surface area contributed by atoms with Crippen LogP contribution in [0.2, 0.25) is 0 Å². The van der Waals surface area contributed by atoms with E-state index in [4.69, 9.17) is 15.2 Å². The van der Waals surface area contributed by atoms with E-state index in [1.54, 1.807) is 19.1 Å². The molecule has 0 amide bonds. The van der Waals surface area contributed by atoms with Crippen LogP contribution in [0.25, 0.3) is 10.8 Å². The van der Waals surface area contributed by atoms with E-state index in [0.717, 1.165) is 27.5 Å². The van der Waals surface area contributed by atoms with Gasteiger partial charge in [0, 0.05) is 5.56 Å². The van der Waals surface area contributed by atoms with Crippen molar-refractivity contribution in [1.29, 1.82) is 0 Å². The molecule has 0 fully saturated rings. The van der Waals surface area contributed by atoms with Gasteiger partial charge in [0.1, 0.15) is 17.1 Å². The van der Waals surface area contributed by atoms with E-state index in [1.807, 2.05) is 49.4 Å². The quantitative estimate of drug-likeness (QED) is 0.673. The number of benzene rings is 3. The number of phenolic OH excluding ortho intramolecular Hbond substituents is 1. The summed E-state index contributed by atoms with van der Waals surface area (Å²) in [6, 6.07) is 16.8. The van der Waals surface area contributed by atoms with Gasteiger partial charge in [0.2, 0.25) is 5.88 Å². The summed E-state index contributed by atoms with van der Waals surface area (Å²) in [7, 11) is 0.